The Bertz CT molecular complexity index is 166. The minimum atomic E-state index is -0.436. The van der Waals surface area contributed by atoms with Crippen LogP contribution in [0.3, 0.4) is 0 Å². The van der Waals surface area contributed by atoms with E-state index >= 15 is 0 Å². The predicted octanol–water partition coefficient (Wildman–Crippen LogP) is 1.08. The summed E-state index contributed by atoms with van der Waals surface area (Å²) in [4.78, 5) is 15.9. The van der Waals surface area contributed by atoms with Crippen LogP contribution in [-0.2, 0) is 0 Å². The van der Waals surface area contributed by atoms with Crippen LogP contribution < -0.4 is 0 Å². The molecule has 0 atom stereocenters. The fourth-order valence-corrected chi connectivity index (χ4v) is 0.981. The first-order chi connectivity index (χ1) is 4.22. The third kappa shape index (κ3) is 1.21. The van der Waals surface area contributed by atoms with Crippen molar-refractivity contribution in [3.05, 3.63) is 0 Å². The number of amidine groups is 1. The van der Waals surface area contributed by atoms with E-state index in [1.54, 1.807) is 6.92 Å². The van der Waals surface area contributed by atoms with Gasteiger partial charge in [0.1, 0.15) is 5.84 Å². The number of carbonyl (C=O) groups excluding carboxylic acids is 1. The first kappa shape index (κ1) is 6.55. The fraction of sp³-hybridized carbons (Fsp3) is 0.600. The highest BCUT2D eigenvalue weighted by Crippen LogP contribution is 2.03. The van der Waals surface area contributed by atoms with Gasteiger partial charge in [-0.25, -0.2) is 0 Å². The lowest BCUT2D eigenvalue weighted by molar-refractivity contribution is 0.245. The van der Waals surface area contributed by atoms with E-state index in [1.807, 2.05) is 0 Å². The Morgan fingerprint density at radius 3 is 2.78 bits per heavy atom. The van der Waals surface area contributed by atoms with Crippen molar-refractivity contribution in [2.24, 2.45) is 4.99 Å². The first-order valence-electron chi connectivity index (χ1n) is 2.70. The second-order valence-corrected chi connectivity index (χ2v) is 2.16. The molecule has 1 heterocycles. The number of hydrogen-bond donors (Lipinski definition) is 0. The number of halogens is 1. The summed E-state index contributed by atoms with van der Waals surface area (Å²) in [5.41, 5.74) is 0. The molecule has 50 valence electrons. The molecule has 0 fully saturated rings. The maximum absolute atomic E-state index is 10.5. The molecule has 0 aromatic rings. The molecule has 9 heavy (non-hydrogen) atoms. The minimum Gasteiger partial charge on any atom is -0.285 e. The molecule has 0 bridgehead atoms. The minimum absolute atomic E-state index is 0.436. The van der Waals surface area contributed by atoms with Crippen molar-refractivity contribution < 1.29 is 4.79 Å². The van der Waals surface area contributed by atoms with Crippen LogP contribution in [0, 0.1) is 0 Å². The largest absolute Gasteiger partial charge is 0.321 e. The van der Waals surface area contributed by atoms with Crippen LogP contribution in [0.1, 0.15) is 6.92 Å². The molecule has 0 unspecified atom stereocenters. The topological polar surface area (TPSA) is 32.7 Å². The van der Waals surface area contributed by atoms with Gasteiger partial charge in [-0.3, -0.25) is 14.7 Å². The average molecular weight is 147 g/mol. The van der Waals surface area contributed by atoms with E-state index in [1.165, 1.54) is 4.90 Å². The Morgan fingerprint density at radius 1 is 1.89 bits per heavy atom. The SMILES string of the molecule is CC1=NCCN1C(=O)Cl. The van der Waals surface area contributed by atoms with Gasteiger partial charge in [0.2, 0.25) is 0 Å². The molecule has 1 aliphatic rings. The van der Waals surface area contributed by atoms with Gasteiger partial charge in [-0.1, -0.05) is 0 Å². The molecule has 0 N–H and O–H groups in total. The molecular weight excluding hydrogens is 140 g/mol. The predicted molar refractivity (Wildman–Crippen MR) is 35.9 cm³/mol. The van der Waals surface area contributed by atoms with Crippen LogP contribution in [-0.4, -0.2) is 29.2 Å². The van der Waals surface area contributed by atoms with Gasteiger partial charge in [-0.05, 0) is 18.5 Å². The molecule has 0 spiro atoms. The maximum atomic E-state index is 10.5. The molecule has 1 aliphatic heterocycles. The van der Waals surface area contributed by atoms with Crippen molar-refractivity contribution in [2.75, 3.05) is 13.1 Å². The van der Waals surface area contributed by atoms with Crippen molar-refractivity contribution in [1.82, 2.24) is 4.90 Å². The lowest BCUT2D eigenvalue weighted by atomic mass is 10.6. The number of hydrogen-bond acceptors (Lipinski definition) is 2. The molecular formula is C5H7ClN2O. The Kier molecular flexibility index (Phi) is 1.71. The summed E-state index contributed by atoms with van der Waals surface area (Å²) in [6, 6.07) is 0. The molecule has 0 radical (unpaired) electrons. The van der Waals surface area contributed by atoms with Crippen LogP contribution >= 0.6 is 11.6 Å². The van der Waals surface area contributed by atoms with Crippen LogP contribution in [0.15, 0.2) is 4.99 Å². The van der Waals surface area contributed by atoms with E-state index in [-0.39, 0.29) is 0 Å². The second-order valence-electron chi connectivity index (χ2n) is 1.83. The Balaban J connectivity index is 2.63. The molecule has 0 aliphatic carbocycles. The van der Waals surface area contributed by atoms with Gasteiger partial charge >= 0.3 is 5.37 Å². The molecule has 1 rings (SSSR count). The number of rotatable bonds is 0. The van der Waals surface area contributed by atoms with Crippen molar-refractivity contribution in [1.29, 1.82) is 0 Å². The summed E-state index contributed by atoms with van der Waals surface area (Å²) >= 11 is 5.19. The summed E-state index contributed by atoms with van der Waals surface area (Å²) in [6.07, 6.45) is 0. The summed E-state index contributed by atoms with van der Waals surface area (Å²) in [5, 5.41) is -0.436. The van der Waals surface area contributed by atoms with Crippen molar-refractivity contribution in [2.45, 2.75) is 6.92 Å². The molecule has 0 aromatic heterocycles. The molecule has 4 heteroatoms. The van der Waals surface area contributed by atoms with Crippen LogP contribution in [0.25, 0.3) is 0 Å². The van der Waals surface area contributed by atoms with Gasteiger partial charge in [-0.2, -0.15) is 0 Å². The molecule has 0 aromatic carbocycles. The normalized spacial score (nSPS) is 18.0. The molecule has 0 saturated carbocycles. The fourth-order valence-electron chi connectivity index (χ4n) is 0.774. The summed E-state index contributed by atoms with van der Waals surface area (Å²) in [6.45, 7) is 3.09. The highest BCUT2D eigenvalue weighted by atomic mass is 35.5. The zero-order valence-electron chi connectivity index (χ0n) is 5.09. The lowest BCUT2D eigenvalue weighted by Gasteiger charge is -2.09. The molecule has 0 saturated heterocycles. The highest BCUT2D eigenvalue weighted by molar-refractivity contribution is 6.64. The first-order valence-corrected chi connectivity index (χ1v) is 3.07. The van der Waals surface area contributed by atoms with E-state index < -0.39 is 5.37 Å². The van der Waals surface area contributed by atoms with E-state index in [9.17, 15) is 4.79 Å². The van der Waals surface area contributed by atoms with E-state index in [0.717, 1.165) is 5.84 Å². The van der Waals surface area contributed by atoms with Gasteiger partial charge in [-0.15, -0.1) is 0 Å². The van der Waals surface area contributed by atoms with Crippen LogP contribution in [0.2, 0.25) is 0 Å². The van der Waals surface area contributed by atoms with Crippen LogP contribution in [0.4, 0.5) is 4.79 Å². The molecule has 3 nitrogen and oxygen atoms in total. The summed E-state index contributed by atoms with van der Waals surface area (Å²) in [7, 11) is 0. The second kappa shape index (κ2) is 2.35. The smallest absolute Gasteiger partial charge is 0.285 e. The van der Waals surface area contributed by atoms with Crippen molar-refractivity contribution in [3.63, 3.8) is 0 Å². The monoisotopic (exact) mass is 146 g/mol. The van der Waals surface area contributed by atoms with Crippen molar-refractivity contribution in [3.8, 4) is 0 Å². The molecule has 1 amide bonds. The van der Waals surface area contributed by atoms with Gasteiger partial charge in [0, 0.05) is 6.54 Å². The van der Waals surface area contributed by atoms with Gasteiger partial charge < -0.3 is 0 Å². The van der Waals surface area contributed by atoms with Crippen molar-refractivity contribution >= 4 is 22.8 Å². The van der Waals surface area contributed by atoms with Gasteiger partial charge in [0.05, 0.1) is 6.54 Å². The maximum Gasteiger partial charge on any atom is 0.321 e. The number of amides is 1. The number of aliphatic imine (C=N–C) groups is 1. The number of carbonyl (C=O) groups is 1. The summed E-state index contributed by atoms with van der Waals surface area (Å²) < 4.78 is 0. The average Bonchev–Trinajstić information content (AvgIpc) is 2.13. The van der Waals surface area contributed by atoms with E-state index in [4.69, 9.17) is 11.6 Å². The van der Waals surface area contributed by atoms with Gasteiger partial charge in [0.25, 0.3) is 0 Å². The number of nitrogens with zero attached hydrogens (tertiary/aromatic N) is 2. The standard InChI is InChI=1S/C5H7ClN2O/c1-4-7-2-3-8(4)5(6)9/h2-3H2,1H3. The third-order valence-electron chi connectivity index (χ3n) is 1.27. The van der Waals surface area contributed by atoms with Crippen LogP contribution in [0.5, 0.6) is 0 Å². The van der Waals surface area contributed by atoms with E-state index in [2.05, 4.69) is 4.99 Å². The van der Waals surface area contributed by atoms with Gasteiger partial charge in [0.15, 0.2) is 0 Å². The summed E-state index contributed by atoms with van der Waals surface area (Å²) in [5.74, 6) is 0.718. The van der Waals surface area contributed by atoms with E-state index in [0.29, 0.717) is 13.1 Å². The third-order valence-corrected chi connectivity index (χ3v) is 1.47. The Labute approximate surface area is 58.3 Å². The highest BCUT2D eigenvalue weighted by Gasteiger charge is 2.17. The lowest BCUT2D eigenvalue weighted by Crippen LogP contribution is -2.27. The Morgan fingerprint density at radius 2 is 2.56 bits per heavy atom. The Hall–Kier alpha value is -0.570. The zero-order chi connectivity index (χ0) is 6.85. The quantitative estimate of drug-likeness (QED) is 0.372. The zero-order valence-corrected chi connectivity index (χ0v) is 5.85.